The zero-order valence-electron chi connectivity index (χ0n) is 13.1. The maximum atomic E-state index is 12.5. The van der Waals surface area contributed by atoms with E-state index in [1.165, 1.54) is 11.3 Å². The lowest BCUT2D eigenvalue weighted by Crippen LogP contribution is -2.36. The number of primary amides is 1. The molecule has 0 bridgehead atoms. The number of hydrogen-bond donors (Lipinski definition) is 1. The number of hydrogen-bond acceptors (Lipinski definition) is 6. The summed E-state index contributed by atoms with van der Waals surface area (Å²) >= 11 is 1.40. The summed E-state index contributed by atoms with van der Waals surface area (Å²) in [5.41, 5.74) is 8.40. The Hall–Kier alpha value is -2.32. The van der Waals surface area contributed by atoms with Crippen LogP contribution >= 0.6 is 11.3 Å². The minimum absolute atomic E-state index is 0.0782. The SMILES string of the molecule is NC(=O)c1cccc(C[C@H]2COCCN(C(=O)c3cscn3)C2)n1. The fourth-order valence-corrected chi connectivity index (χ4v) is 3.22. The molecule has 1 saturated heterocycles. The van der Waals surface area contributed by atoms with Crippen LogP contribution < -0.4 is 5.73 Å². The van der Waals surface area contributed by atoms with Crippen molar-refractivity contribution in [3.05, 3.63) is 46.2 Å². The number of nitrogens with two attached hydrogens (primary N) is 1. The van der Waals surface area contributed by atoms with Crippen molar-refractivity contribution in [2.24, 2.45) is 11.7 Å². The molecule has 2 amide bonds. The summed E-state index contributed by atoms with van der Waals surface area (Å²) in [5, 5.41) is 1.75. The zero-order chi connectivity index (χ0) is 16.9. The van der Waals surface area contributed by atoms with Gasteiger partial charge in [0, 0.05) is 30.1 Å². The molecule has 1 atom stereocenters. The van der Waals surface area contributed by atoms with Crippen molar-refractivity contribution >= 4 is 23.2 Å². The first-order chi connectivity index (χ1) is 11.6. The maximum Gasteiger partial charge on any atom is 0.273 e. The maximum absolute atomic E-state index is 12.5. The molecule has 0 aromatic carbocycles. The normalized spacial score (nSPS) is 18.2. The molecule has 2 aromatic rings. The molecule has 3 heterocycles. The number of thiazole rings is 1. The Morgan fingerprint density at radius 2 is 2.25 bits per heavy atom. The molecule has 0 spiro atoms. The summed E-state index contributed by atoms with van der Waals surface area (Å²) in [6, 6.07) is 5.20. The van der Waals surface area contributed by atoms with E-state index >= 15 is 0 Å². The van der Waals surface area contributed by atoms with Gasteiger partial charge in [0.1, 0.15) is 11.4 Å². The van der Waals surface area contributed by atoms with Gasteiger partial charge in [-0.15, -0.1) is 11.3 Å². The molecule has 0 saturated carbocycles. The number of ether oxygens (including phenoxy) is 1. The van der Waals surface area contributed by atoms with E-state index in [1.807, 2.05) is 6.07 Å². The second kappa shape index (κ2) is 7.50. The van der Waals surface area contributed by atoms with E-state index in [2.05, 4.69) is 9.97 Å². The van der Waals surface area contributed by atoms with Crippen LogP contribution in [-0.2, 0) is 11.2 Å². The van der Waals surface area contributed by atoms with Crippen LogP contribution in [0.1, 0.15) is 26.7 Å². The second-order valence-corrected chi connectivity index (χ2v) is 6.37. The van der Waals surface area contributed by atoms with Crippen molar-refractivity contribution in [3.63, 3.8) is 0 Å². The number of rotatable bonds is 4. The second-order valence-electron chi connectivity index (χ2n) is 5.65. The van der Waals surface area contributed by atoms with Gasteiger partial charge in [0.2, 0.25) is 0 Å². The van der Waals surface area contributed by atoms with Crippen LogP contribution in [0.25, 0.3) is 0 Å². The molecular formula is C16H18N4O3S. The van der Waals surface area contributed by atoms with Gasteiger partial charge in [-0.3, -0.25) is 9.59 Å². The van der Waals surface area contributed by atoms with Crippen LogP contribution in [0, 0.1) is 5.92 Å². The van der Waals surface area contributed by atoms with Gasteiger partial charge >= 0.3 is 0 Å². The summed E-state index contributed by atoms with van der Waals surface area (Å²) in [7, 11) is 0. The van der Waals surface area contributed by atoms with Gasteiger partial charge in [0.05, 0.1) is 18.7 Å². The Morgan fingerprint density at radius 3 is 3.00 bits per heavy atom. The Labute approximate surface area is 143 Å². The third-order valence-electron chi connectivity index (χ3n) is 3.83. The van der Waals surface area contributed by atoms with Gasteiger partial charge in [-0.2, -0.15) is 0 Å². The quantitative estimate of drug-likeness (QED) is 0.889. The van der Waals surface area contributed by atoms with E-state index in [-0.39, 0.29) is 17.5 Å². The van der Waals surface area contributed by atoms with Crippen molar-refractivity contribution in [2.45, 2.75) is 6.42 Å². The highest BCUT2D eigenvalue weighted by Crippen LogP contribution is 2.15. The average Bonchev–Trinajstić information content (AvgIpc) is 3.02. The van der Waals surface area contributed by atoms with E-state index in [0.29, 0.717) is 38.4 Å². The highest BCUT2D eigenvalue weighted by Gasteiger charge is 2.25. The van der Waals surface area contributed by atoms with Gasteiger partial charge in [0.15, 0.2) is 0 Å². The van der Waals surface area contributed by atoms with Gasteiger partial charge in [-0.25, -0.2) is 9.97 Å². The smallest absolute Gasteiger partial charge is 0.273 e. The summed E-state index contributed by atoms with van der Waals surface area (Å²) < 4.78 is 5.62. The lowest BCUT2D eigenvalue weighted by Gasteiger charge is -2.22. The molecule has 1 aliphatic rings. The molecular weight excluding hydrogens is 328 g/mol. The average molecular weight is 346 g/mol. The topological polar surface area (TPSA) is 98.4 Å². The van der Waals surface area contributed by atoms with Crippen LogP contribution in [0.5, 0.6) is 0 Å². The van der Waals surface area contributed by atoms with Crippen LogP contribution in [0.15, 0.2) is 29.1 Å². The lowest BCUT2D eigenvalue weighted by molar-refractivity contribution is 0.0732. The predicted octanol–water partition coefficient (Wildman–Crippen LogP) is 0.968. The van der Waals surface area contributed by atoms with Gasteiger partial charge in [0.25, 0.3) is 11.8 Å². The molecule has 2 aromatic heterocycles. The molecule has 24 heavy (non-hydrogen) atoms. The van der Waals surface area contributed by atoms with E-state index in [9.17, 15) is 9.59 Å². The van der Waals surface area contributed by atoms with Crippen molar-refractivity contribution in [1.82, 2.24) is 14.9 Å². The standard InChI is InChI=1S/C16H18N4O3S/c17-15(21)13-3-1-2-12(19-13)6-11-7-20(4-5-23-8-11)16(22)14-9-24-10-18-14/h1-3,9-11H,4-8H2,(H2,17,21)/t11-/m1/s1. The number of carbonyl (C=O) groups is 2. The van der Waals surface area contributed by atoms with Crippen molar-refractivity contribution < 1.29 is 14.3 Å². The van der Waals surface area contributed by atoms with Gasteiger partial charge < -0.3 is 15.4 Å². The lowest BCUT2D eigenvalue weighted by atomic mass is 10.0. The zero-order valence-corrected chi connectivity index (χ0v) is 13.9. The molecule has 2 N–H and O–H groups in total. The summed E-state index contributed by atoms with van der Waals surface area (Å²) in [4.78, 5) is 33.9. The van der Waals surface area contributed by atoms with E-state index in [1.54, 1.807) is 27.9 Å². The first kappa shape index (κ1) is 16.5. The molecule has 1 aliphatic heterocycles. The fourth-order valence-electron chi connectivity index (χ4n) is 2.69. The Morgan fingerprint density at radius 1 is 1.38 bits per heavy atom. The Balaban J connectivity index is 1.70. The first-order valence-corrected chi connectivity index (χ1v) is 8.58. The van der Waals surface area contributed by atoms with Crippen LogP contribution in [0.3, 0.4) is 0 Å². The van der Waals surface area contributed by atoms with Crippen LogP contribution in [0.4, 0.5) is 0 Å². The summed E-state index contributed by atoms with van der Waals surface area (Å²) in [6.45, 7) is 2.16. The van der Waals surface area contributed by atoms with Gasteiger partial charge in [-0.1, -0.05) is 6.07 Å². The number of pyridine rings is 1. The molecule has 7 nitrogen and oxygen atoms in total. The highest BCUT2D eigenvalue weighted by molar-refractivity contribution is 7.07. The molecule has 0 radical (unpaired) electrons. The minimum Gasteiger partial charge on any atom is -0.379 e. The fraction of sp³-hybridized carbons (Fsp3) is 0.375. The Bertz CT molecular complexity index is 720. The van der Waals surface area contributed by atoms with E-state index in [4.69, 9.17) is 10.5 Å². The third kappa shape index (κ3) is 3.95. The highest BCUT2D eigenvalue weighted by atomic mass is 32.1. The molecule has 3 rings (SSSR count). The molecule has 1 fully saturated rings. The number of amides is 2. The molecule has 0 unspecified atom stereocenters. The van der Waals surface area contributed by atoms with Crippen molar-refractivity contribution in [1.29, 1.82) is 0 Å². The molecule has 126 valence electrons. The van der Waals surface area contributed by atoms with E-state index in [0.717, 1.165) is 5.69 Å². The van der Waals surface area contributed by atoms with Crippen molar-refractivity contribution in [2.75, 3.05) is 26.3 Å². The van der Waals surface area contributed by atoms with Crippen LogP contribution in [-0.4, -0.2) is 53.0 Å². The summed E-state index contributed by atoms with van der Waals surface area (Å²) in [5.74, 6) is -0.523. The van der Waals surface area contributed by atoms with Gasteiger partial charge in [-0.05, 0) is 18.6 Å². The summed E-state index contributed by atoms with van der Waals surface area (Å²) in [6.07, 6.45) is 0.613. The van der Waals surface area contributed by atoms with Crippen LogP contribution in [0.2, 0.25) is 0 Å². The third-order valence-corrected chi connectivity index (χ3v) is 4.42. The monoisotopic (exact) mass is 346 g/mol. The van der Waals surface area contributed by atoms with Crippen molar-refractivity contribution in [3.8, 4) is 0 Å². The largest absolute Gasteiger partial charge is 0.379 e. The molecule has 8 heteroatoms. The van der Waals surface area contributed by atoms with E-state index < -0.39 is 5.91 Å². The number of nitrogens with zero attached hydrogens (tertiary/aromatic N) is 3. The Kier molecular flexibility index (Phi) is 5.17. The predicted molar refractivity (Wildman–Crippen MR) is 88.8 cm³/mol. The number of aromatic nitrogens is 2. The number of carbonyl (C=O) groups excluding carboxylic acids is 2. The first-order valence-electron chi connectivity index (χ1n) is 7.64. The minimum atomic E-state index is -0.547. The molecule has 0 aliphatic carbocycles.